The number of anilines is 1. The first-order chi connectivity index (χ1) is 13.5. The van der Waals surface area contributed by atoms with Crippen molar-refractivity contribution >= 4 is 5.82 Å². The molecule has 0 radical (unpaired) electrons. The maximum atomic E-state index is 14.2. The van der Waals surface area contributed by atoms with E-state index in [9.17, 15) is 9.50 Å². The van der Waals surface area contributed by atoms with E-state index < -0.39 is 6.17 Å². The third kappa shape index (κ3) is 3.56. The maximum absolute atomic E-state index is 14.2. The van der Waals surface area contributed by atoms with Crippen molar-refractivity contribution in [2.45, 2.75) is 37.9 Å². The van der Waals surface area contributed by atoms with Crippen molar-refractivity contribution in [2.75, 3.05) is 11.9 Å². The van der Waals surface area contributed by atoms with Crippen LogP contribution in [0.5, 0.6) is 5.75 Å². The minimum absolute atomic E-state index is 0.132. The van der Waals surface area contributed by atoms with Gasteiger partial charge in [0.05, 0.1) is 17.9 Å². The van der Waals surface area contributed by atoms with Gasteiger partial charge in [0, 0.05) is 31.4 Å². The average molecular weight is 381 g/mol. The molecule has 0 amide bonds. The van der Waals surface area contributed by atoms with Gasteiger partial charge in [0.25, 0.3) is 0 Å². The van der Waals surface area contributed by atoms with Crippen LogP contribution in [0.2, 0.25) is 0 Å². The molecule has 0 aliphatic heterocycles. The fourth-order valence-corrected chi connectivity index (χ4v) is 3.83. The van der Waals surface area contributed by atoms with E-state index in [0.29, 0.717) is 23.5 Å². The molecule has 2 aromatic heterocycles. The number of nitrogens with zero attached hydrogens (tertiary/aromatic N) is 5. The molecule has 1 aliphatic carbocycles. The Labute approximate surface area is 163 Å². The fourth-order valence-electron chi connectivity index (χ4n) is 3.83. The molecule has 2 heterocycles. The van der Waals surface area contributed by atoms with E-state index in [1.54, 1.807) is 16.9 Å². The van der Waals surface area contributed by atoms with Crippen molar-refractivity contribution in [3.05, 3.63) is 42.7 Å². The zero-order valence-electron chi connectivity index (χ0n) is 16.1. The highest BCUT2D eigenvalue weighted by molar-refractivity contribution is 5.73. The van der Waals surface area contributed by atoms with Gasteiger partial charge in [0.2, 0.25) is 0 Å². The molecule has 1 aliphatic rings. The Morgan fingerprint density at radius 1 is 1.11 bits per heavy atom. The van der Waals surface area contributed by atoms with Crippen LogP contribution in [0.15, 0.2) is 42.7 Å². The Morgan fingerprint density at radius 2 is 1.93 bits per heavy atom. The molecule has 0 bridgehead atoms. The molecule has 4 rings (SSSR count). The zero-order chi connectivity index (χ0) is 19.7. The highest BCUT2D eigenvalue weighted by Crippen LogP contribution is 2.33. The Kier molecular flexibility index (Phi) is 4.98. The number of aryl methyl sites for hydroxylation is 1. The van der Waals surface area contributed by atoms with Gasteiger partial charge in [-0.1, -0.05) is 18.9 Å². The zero-order valence-corrected chi connectivity index (χ0v) is 16.1. The van der Waals surface area contributed by atoms with Gasteiger partial charge in [0.15, 0.2) is 5.82 Å². The molecule has 1 aromatic carbocycles. The molecule has 6 nitrogen and oxygen atoms in total. The molecule has 2 atom stereocenters. The lowest BCUT2D eigenvalue weighted by Crippen LogP contribution is -2.41. The molecule has 0 unspecified atom stereocenters. The number of hydrogen-bond donors (Lipinski definition) is 1. The van der Waals surface area contributed by atoms with Crippen LogP contribution < -0.4 is 4.90 Å². The van der Waals surface area contributed by atoms with Gasteiger partial charge >= 0.3 is 0 Å². The number of hydrogen-bond acceptors (Lipinski definition) is 5. The Hall–Kier alpha value is -2.96. The van der Waals surface area contributed by atoms with Crippen molar-refractivity contribution in [2.24, 2.45) is 7.05 Å². The minimum atomic E-state index is -0.829. The van der Waals surface area contributed by atoms with Crippen LogP contribution in [0.4, 0.5) is 10.2 Å². The largest absolute Gasteiger partial charge is 0.507 e. The molecule has 28 heavy (non-hydrogen) atoms. The summed E-state index contributed by atoms with van der Waals surface area (Å²) in [7, 11) is 3.72. The number of aromatic hydroxyl groups is 1. The molecule has 1 saturated carbocycles. The highest BCUT2D eigenvalue weighted by Gasteiger charge is 2.29. The first kappa shape index (κ1) is 18.4. The van der Waals surface area contributed by atoms with Gasteiger partial charge in [-0.25, -0.2) is 4.39 Å². The molecule has 7 heteroatoms. The van der Waals surface area contributed by atoms with Crippen LogP contribution in [0.25, 0.3) is 22.4 Å². The van der Waals surface area contributed by atoms with Crippen molar-refractivity contribution < 1.29 is 9.50 Å². The van der Waals surface area contributed by atoms with Crippen LogP contribution >= 0.6 is 0 Å². The first-order valence-electron chi connectivity index (χ1n) is 9.56. The maximum Gasteiger partial charge on any atom is 0.151 e. The van der Waals surface area contributed by atoms with Crippen LogP contribution in [-0.2, 0) is 7.05 Å². The van der Waals surface area contributed by atoms with Gasteiger partial charge < -0.3 is 10.0 Å². The molecule has 3 aromatic rings. The van der Waals surface area contributed by atoms with E-state index in [2.05, 4.69) is 15.3 Å². The third-order valence-corrected chi connectivity index (χ3v) is 5.47. The first-order valence-corrected chi connectivity index (χ1v) is 9.56. The molecule has 146 valence electrons. The topological polar surface area (TPSA) is 67.1 Å². The number of rotatable bonds is 4. The summed E-state index contributed by atoms with van der Waals surface area (Å²) in [6.07, 6.45) is 6.24. The van der Waals surface area contributed by atoms with Crippen molar-refractivity contribution in [1.29, 1.82) is 0 Å². The van der Waals surface area contributed by atoms with Gasteiger partial charge in [-0.05, 0) is 42.7 Å². The monoisotopic (exact) mass is 381 g/mol. The van der Waals surface area contributed by atoms with Gasteiger partial charge in [-0.3, -0.25) is 4.68 Å². The van der Waals surface area contributed by atoms with Crippen molar-refractivity contribution in [1.82, 2.24) is 20.0 Å². The standard InChI is InChI=1S/C21H24FN5O/c1-26-13-15(12-23-26)14-7-8-16(20(28)11-14)18-9-10-21(25-24-18)27(2)19-6-4-3-5-17(19)22/h7-13,17,19,28H,3-6H2,1-2H3/t17-,19+/m0/s1. The van der Waals surface area contributed by atoms with Crippen LogP contribution in [-0.4, -0.2) is 44.3 Å². The van der Waals surface area contributed by atoms with Gasteiger partial charge in [-0.15, -0.1) is 10.2 Å². The average Bonchev–Trinajstić information content (AvgIpc) is 3.14. The summed E-state index contributed by atoms with van der Waals surface area (Å²) in [5.41, 5.74) is 2.99. The van der Waals surface area contributed by atoms with Crippen LogP contribution in [0.1, 0.15) is 25.7 Å². The summed E-state index contributed by atoms with van der Waals surface area (Å²) in [5.74, 6) is 0.776. The van der Waals surface area contributed by atoms with E-state index in [4.69, 9.17) is 0 Å². The number of aromatic nitrogens is 4. The lowest BCUT2D eigenvalue weighted by molar-refractivity contribution is 0.213. The number of phenolic OH excluding ortho intramolecular Hbond substituents is 1. The molecule has 0 saturated heterocycles. The Balaban J connectivity index is 1.55. The van der Waals surface area contributed by atoms with E-state index in [0.717, 1.165) is 30.4 Å². The molecule has 1 N–H and O–H groups in total. The van der Waals surface area contributed by atoms with Crippen LogP contribution in [0, 0.1) is 0 Å². The minimum Gasteiger partial charge on any atom is -0.507 e. The smallest absolute Gasteiger partial charge is 0.151 e. The van der Waals surface area contributed by atoms with E-state index in [1.807, 2.05) is 49.5 Å². The Morgan fingerprint density at radius 3 is 2.57 bits per heavy atom. The van der Waals surface area contributed by atoms with Gasteiger partial charge in [-0.2, -0.15) is 5.10 Å². The summed E-state index contributed by atoms with van der Waals surface area (Å²) in [6.45, 7) is 0. The molecular formula is C21H24FN5O. The van der Waals surface area contributed by atoms with E-state index in [-0.39, 0.29) is 11.8 Å². The lowest BCUT2D eigenvalue weighted by Gasteiger charge is -2.34. The van der Waals surface area contributed by atoms with Crippen molar-refractivity contribution in [3.63, 3.8) is 0 Å². The highest BCUT2D eigenvalue weighted by atomic mass is 19.1. The number of halogens is 1. The van der Waals surface area contributed by atoms with Gasteiger partial charge in [0.1, 0.15) is 11.9 Å². The number of alkyl halides is 1. The SMILES string of the molecule is CN(c1ccc(-c2ccc(-c3cnn(C)c3)cc2O)nn1)[C@@H]1CCCC[C@@H]1F. The molecule has 1 fully saturated rings. The normalized spacial score (nSPS) is 19.5. The second-order valence-corrected chi connectivity index (χ2v) is 7.39. The number of phenols is 1. The van der Waals surface area contributed by atoms with Crippen molar-refractivity contribution in [3.8, 4) is 28.1 Å². The predicted molar refractivity (Wildman–Crippen MR) is 107 cm³/mol. The summed E-state index contributed by atoms with van der Waals surface area (Å²) in [6, 6.07) is 8.93. The summed E-state index contributed by atoms with van der Waals surface area (Å²) in [5, 5.41) is 23.2. The summed E-state index contributed by atoms with van der Waals surface area (Å²) in [4.78, 5) is 1.88. The summed E-state index contributed by atoms with van der Waals surface area (Å²) >= 11 is 0. The predicted octanol–water partition coefficient (Wildman–Crippen LogP) is 3.97. The van der Waals surface area contributed by atoms with E-state index >= 15 is 0 Å². The fraction of sp³-hybridized carbons (Fsp3) is 0.381. The second-order valence-electron chi connectivity index (χ2n) is 7.39. The molecular weight excluding hydrogens is 357 g/mol. The lowest BCUT2D eigenvalue weighted by atomic mass is 9.92. The summed E-state index contributed by atoms with van der Waals surface area (Å²) < 4.78 is 15.9. The quantitative estimate of drug-likeness (QED) is 0.741. The molecule has 0 spiro atoms. The van der Waals surface area contributed by atoms with Crippen LogP contribution in [0.3, 0.4) is 0 Å². The Bertz CT molecular complexity index is 956. The number of benzene rings is 1. The van der Waals surface area contributed by atoms with E-state index in [1.165, 1.54) is 0 Å². The third-order valence-electron chi connectivity index (χ3n) is 5.47. The second kappa shape index (κ2) is 7.58.